The van der Waals surface area contributed by atoms with Crippen LogP contribution in [0.4, 0.5) is 0 Å². The molecular formula is C12H21N3. The van der Waals surface area contributed by atoms with Crippen LogP contribution in [0.2, 0.25) is 0 Å². The highest BCUT2D eigenvalue weighted by Crippen LogP contribution is 2.17. The van der Waals surface area contributed by atoms with Crippen LogP contribution in [0, 0.1) is 0 Å². The van der Waals surface area contributed by atoms with E-state index in [-0.39, 0.29) is 0 Å². The summed E-state index contributed by atoms with van der Waals surface area (Å²) in [4.78, 5) is 0. The molecule has 1 N–H and O–H groups in total. The third-order valence-corrected chi connectivity index (χ3v) is 3.21. The Kier molecular flexibility index (Phi) is 3.78. The van der Waals surface area contributed by atoms with E-state index in [2.05, 4.69) is 16.6 Å². The van der Waals surface area contributed by atoms with E-state index in [0.717, 1.165) is 19.0 Å². The van der Waals surface area contributed by atoms with Crippen LogP contribution in [0.25, 0.3) is 0 Å². The molecule has 1 aromatic heterocycles. The summed E-state index contributed by atoms with van der Waals surface area (Å²) in [7, 11) is 1.97. The van der Waals surface area contributed by atoms with E-state index in [4.69, 9.17) is 0 Å². The Morgan fingerprint density at radius 2 is 2.20 bits per heavy atom. The Morgan fingerprint density at radius 1 is 1.40 bits per heavy atom. The lowest BCUT2D eigenvalue weighted by Gasteiger charge is -2.22. The molecule has 0 spiro atoms. The average molecular weight is 207 g/mol. The lowest BCUT2D eigenvalue weighted by molar-refractivity contribution is 0.375. The molecule has 1 aliphatic rings. The van der Waals surface area contributed by atoms with Gasteiger partial charge in [-0.05, 0) is 31.4 Å². The first-order chi connectivity index (χ1) is 7.34. The Balaban J connectivity index is 1.65. The predicted octanol–water partition coefficient (Wildman–Crippen LogP) is 1.88. The summed E-state index contributed by atoms with van der Waals surface area (Å²) >= 11 is 0. The number of hydrogen-bond donors (Lipinski definition) is 1. The second kappa shape index (κ2) is 5.31. The van der Waals surface area contributed by atoms with Crippen molar-refractivity contribution in [3.63, 3.8) is 0 Å². The normalized spacial score (nSPS) is 18.2. The van der Waals surface area contributed by atoms with Gasteiger partial charge < -0.3 is 5.32 Å². The van der Waals surface area contributed by atoms with E-state index in [0.29, 0.717) is 0 Å². The molecule has 1 aliphatic carbocycles. The minimum absolute atomic E-state index is 0.774. The largest absolute Gasteiger partial charge is 0.314 e. The maximum absolute atomic E-state index is 4.17. The molecule has 0 atom stereocenters. The molecule has 1 aromatic rings. The monoisotopic (exact) mass is 207 g/mol. The molecule has 84 valence electrons. The molecule has 1 fully saturated rings. The van der Waals surface area contributed by atoms with E-state index >= 15 is 0 Å². The summed E-state index contributed by atoms with van der Waals surface area (Å²) in [5.41, 5.74) is 1.33. The van der Waals surface area contributed by atoms with Crippen LogP contribution < -0.4 is 5.32 Å². The highest BCUT2D eigenvalue weighted by Gasteiger charge is 2.11. The van der Waals surface area contributed by atoms with Crippen LogP contribution in [-0.4, -0.2) is 22.4 Å². The summed E-state index contributed by atoms with van der Waals surface area (Å²) in [6.07, 6.45) is 12.1. The number of aryl methyl sites for hydroxylation is 1. The summed E-state index contributed by atoms with van der Waals surface area (Å²) < 4.78 is 1.87. The SMILES string of the molecule is Cn1cc(CCNC2CCCCC2)cn1. The predicted molar refractivity (Wildman–Crippen MR) is 61.8 cm³/mol. The molecule has 0 aliphatic heterocycles. The van der Waals surface area contributed by atoms with Gasteiger partial charge in [0.15, 0.2) is 0 Å². The van der Waals surface area contributed by atoms with E-state index < -0.39 is 0 Å². The van der Waals surface area contributed by atoms with Crippen molar-refractivity contribution in [1.82, 2.24) is 15.1 Å². The Morgan fingerprint density at radius 3 is 2.87 bits per heavy atom. The zero-order valence-corrected chi connectivity index (χ0v) is 9.58. The zero-order chi connectivity index (χ0) is 10.5. The smallest absolute Gasteiger partial charge is 0.0522 e. The van der Waals surface area contributed by atoms with Crippen LogP contribution in [0.3, 0.4) is 0 Å². The minimum atomic E-state index is 0.774. The van der Waals surface area contributed by atoms with Crippen LogP contribution in [0.5, 0.6) is 0 Å². The molecule has 15 heavy (non-hydrogen) atoms. The third-order valence-electron chi connectivity index (χ3n) is 3.21. The van der Waals surface area contributed by atoms with Crippen molar-refractivity contribution in [1.29, 1.82) is 0 Å². The Labute approximate surface area is 91.9 Å². The summed E-state index contributed by atoms with van der Waals surface area (Å²) in [6.45, 7) is 1.09. The van der Waals surface area contributed by atoms with Crippen molar-refractivity contribution in [2.24, 2.45) is 7.05 Å². The van der Waals surface area contributed by atoms with E-state index in [1.165, 1.54) is 37.7 Å². The van der Waals surface area contributed by atoms with Crippen molar-refractivity contribution >= 4 is 0 Å². The Bertz CT molecular complexity index is 287. The topological polar surface area (TPSA) is 29.9 Å². The van der Waals surface area contributed by atoms with Crippen molar-refractivity contribution in [3.05, 3.63) is 18.0 Å². The molecule has 0 radical (unpaired) electrons. The number of nitrogens with one attached hydrogen (secondary N) is 1. The quantitative estimate of drug-likeness (QED) is 0.817. The molecule has 3 nitrogen and oxygen atoms in total. The van der Waals surface area contributed by atoms with Crippen LogP contribution >= 0.6 is 0 Å². The number of nitrogens with zero attached hydrogens (tertiary/aromatic N) is 2. The highest BCUT2D eigenvalue weighted by atomic mass is 15.2. The van der Waals surface area contributed by atoms with Gasteiger partial charge in [0.05, 0.1) is 6.20 Å². The highest BCUT2D eigenvalue weighted by molar-refractivity contribution is 5.03. The molecule has 0 unspecified atom stereocenters. The van der Waals surface area contributed by atoms with Gasteiger partial charge in [0.25, 0.3) is 0 Å². The van der Waals surface area contributed by atoms with Crippen molar-refractivity contribution in [2.75, 3.05) is 6.54 Å². The van der Waals surface area contributed by atoms with Crippen LogP contribution in [0.15, 0.2) is 12.4 Å². The van der Waals surface area contributed by atoms with Gasteiger partial charge in [-0.25, -0.2) is 0 Å². The summed E-state index contributed by atoms with van der Waals surface area (Å²) in [6, 6.07) is 0.774. The van der Waals surface area contributed by atoms with Gasteiger partial charge in [-0.3, -0.25) is 4.68 Å². The number of aromatic nitrogens is 2. The van der Waals surface area contributed by atoms with Gasteiger partial charge in [-0.1, -0.05) is 19.3 Å². The fourth-order valence-electron chi connectivity index (χ4n) is 2.33. The number of rotatable bonds is 4. The molecule has 3 heteroatoms. The van der Waals surface area contributed by atoms with Crippen LogP contribution in [-0.2, 0) is 13.5 Å². The van der Waals surface area contributed by atoms with Gasteiger partial charge >= 0.3 is 0 Å². The molecule has 0 amide bonds. The molecular weight excluding hydrogens is 186 g/mol. The van der Waals surface area contributed by atoms with Gasteiger partial charge in [-0.2, -0.15) is 5.10 Å². The van der Waals surface area contributed by atoms with E-state index in [1.807, 2.05) is 17.9 Å². The maximum Gasteiger partial charge on any atom is 0.0522 e. The van der Waals surface area contributed by atoms with E-state index in [9.17, 15) is 0 Å². The standard InChI is InChI=1S/C12H21N3/c1-15-10-11(9-14-15)7-8-13-12-5-3-2-4-6-12/h9-10,12-13H,2-8H2,1H3. The third kappa shape index (κ3) is 3.34. The molecule has 2 rings (SSSR count). The number of hydrogen-bond acceptors (Lipinski definition) is 2. The maximum atomic E-state index is 4.17. The van der Waals surface area contributed by atoms with E-state index in [1.54, 1.807) is 0 Å². The van der Waals surface area contributed by atoms with Gasteiger partial charge in [-0.15, -0.1) is 0 Å². The lowest BCUT2D eigenvalue weighted by Crippen LogP contribution is -2.32. The van der Waals surface area contributed by atoms with Gasteiger partial charge in [0, 0.05) is 19.3 Å². The molecule has 0 bridgehead atoms. The molecule has 0 aromatic carbocycles. The van der Waals surface area contributed by atoms with Crippen molar-refractivity contribution < 1.29 is 0 Å². The first-order valence-corrected chi connectivity index (χ1v) is 6.05. The summed E-state index contributed by atoms with van der Waals surface area (Å²) in [5, 5.41) is 7.81. The molecule has 0 saturated heterocycles. The average Bonchev–Trinajstić information content (AvgIpc) is 2.66. The molecule has 1 saturated carbocycles. The van der Waals surface area contributed by atoms with Gasteiger partial charge in [0.2, 0.25) is 0 Å². The lowest BCUT2D eigenvalue weighted by atomic mass is 9.95. The first-order valence-electron chi connectivity index (χ1n) is 6.05. The van der Waals surface area contributed by atoms with Crippen molar-refractivity contribution in [2.45, 2.75) is 44.6 Å². The zero-order valence-electron chi connectivity index (χ0n) is 9.58. The molecule has 1 heterocycles. The van der Waals surface area contributed by atoms with Crippen LogP contribution in [0.1, 0.15) is 37.7 Å². The first kappa shape index (κ1) is 10.7. The van der Waals surface area contributed by atoms with Gasteiger partial charge in [0.1, 0.15) is 0 Å². The minimum Gasteiger partial charge on any atom is -0.314 e. The van der Waals surface area contributed by atoms with Crippen molar-refractivity contribution in [3.8, 4) is 0 Å². The summed E-state index contributed by atoms with van der Waals surface area (Å²) in [5.74, 6) is 0. The Hall–Kier alpha value is -0.830. The fourth-order valence-corrected chi connectivity index (χ4v) is 2.33. The second-order valence-electron chi connectivity index (χ2n) is 4.56. The fraction of sp³-hybridized carbons (Fsp3) is 0.750. The second-order valence-corrected chi connectivity index (χ2v) is 4.56.